The first-order chi connectivity index (χ1) is 8.24. The lowest BCUT2D eigenvalue weighted by molar-refractivity contribution is 1.07. The Kier molecular flexibility index (Phi) is 3.82. The van der Waals surface area contributed by atoms with E-state index in [1.54, 1.807) is 0 Å². The van der Waals surface area contributed by atoms with E-state index in [0.29, 0.717) is 6.54 Å². The van der Waals surface area contributed by atoms with Crippen molar-refractivity contribution < 1.29 is 0 Å². The fraction of sp³-hybridized carbons (Fsp3) is 0.200. The summed E-state index contributed by atoms with van der Waals surface area (Å²) in [5.41, 5.74) is 10.3. The van der Waals surface area contributed by atoms with Crippen LogP contribution in [-0.4, -0.2) is 0 Å². The Bertz CT molecular complexity index is 520. The molecule has 0 amide bonds. The lowest BCUT2D eigenvalue weighted by atomic mass is 10.0. The van der Waals surface area contributed by atoms with Gasteiger partial charge in [-0.25, -0.2) is 0 Å². The quantitative estimate of drug-likeness (QED) is 0.868. The van der Waals surface area contributed by atoms with Crippen LogP contribution in [0.15, 0.2) is 42.5 Å². The van der Waals surface area contributed by atoms with Crippen LogP contribution in [0.4, 0.5) is 0 Å². The van der Waals surface area contributed by atoms with Crippen molar-refractivity contribution in [3.63, 3.8) is 0 Å². The standard InChI is InChI=1S/C15H16ClN/c1-2-11-4-3-5-12(8-11)13-6-7-14(10-17)15(16)9-13/h3-9H,2,10,17H2,1H3. The van der Waals surface area contributed by atoms with Crippen molar-refractivity contribution in [1.29, 1.82) is 0 Å². The molecular formula is C15H16ClN. The highest BCUT2D eigenvalue weighted by Crippen LogP contribution is 2.26. The van der Waals surface area contributed by atoms with Crippen LogP contribution in [0, 0.1) is 0 Å². The molecule has 88 valence electrons. The molecule has 0 atom stereocenters. The van der Waals surface area contributed by atoms with Gasteiger partial charge in [-0.1, -0.05) is 54.9 Å². The normalized spacial score (nSPS) is 10.5. The second-order valence-corrected chi connectivity index (χ2v) is 4.47. The molecular weight excluding hydrogens is 230 g/mol. The summed E-state index contributed by atoms with van der Waals surface area (Å²) in [5.74, 6) is 0. The third kappa shape index (κ3) is 2.68. The van der Waals surface area contributed by atoms with E-state index in [1.807, 2.05) is 12.1 Å². The van der Waals surface area contributed by atoms with Crippen LogP contribution < -0.4 is 5.73 Å². The first kappa shape index (κ1) is 12.2. The Labute approximate surface area is 107 Å². The SMILES string of the molecule is CCc1cccc(-c2ccc(CN)c(Cl)c2)c1. The van der Waals surface area contributed by atoms with E-state index < -0.39 is 0 Å². The van der Waals surface area contributed by atoms with E-state index in [-0.39, 0.29) is 0 Å². The molecule has 17 heavy (non-hydrogen) atoms. The number of halogens is 1. The Morgan fingerprint density at radius 2 is 1.82 bits per heavy atom. The minimum atomic E-state index is 0.480. The number of nitrogens with two attached hydrogens (primary N) is 1. The van der Waals surface area contributed by atoms with Crippen molar-refractivity contribution in [3.05, 3.63) is 58.6 Å². The molecule has 2 heteroatoms. The van der Waals surface area contributed by atoms with Gasteiger partial charge in [-0.05, 0) is 34.7 Å². The highest BCUT2D eigenvalue weighted by molar-refractivity contribution is 6.31. The highest BCUT2D eigenvalue weighted by Gasteiger charge is 2.03. The zero-order valence-electron chi connectivity index (χ0n) is 9.91. The van der Waals surface area contributed by atoms with E-state index in [9.17, 15) is 0 Å². The molecule has 0 aliphatic heterocycles. The monoisotopic (exact) mass is 245 g/mol. The summed E-state index contributed by atoms with van der Waals surface area (Å²) in [7, 11) is 0. The molecule has 0 unspecified atom stereocenters. The van der Waals surface area contributed by atoms with Gasteiger partial charge in [0.1, 0.15) is 0 Å². The number of benzene rings is 2. The minimum Gasteiger partial charge on any atom is -0.326 e. The second kappa shape index (κ2) is 5.35. The maximum Gasteiger partial charge on any atom is 0.0457 e. The number of aryl methyl sites for hydroxylation is 1. The molecule has 2 aromatic rings. The van der Waals surface area contributed by atoms with Gasteiger partial charge in [-0.2, -0.15) is 0 Å². The summed E-state index contributed by atoms with van der Waals surface area (Å²) in [6.07, 6.45) is 1.04. The van der Waals surface area contributed by atoms with Crippen molar-refractivity contribution in [1.82, 2.24) is 0 Å². The van der Waals surface area contributed by atoms with Crippen molar-refractivity contribution in [2.45, 2.75) is 19.9 Å². The summed E-state index contributed by atoms with van der Waals surface area (Å²) in [5, 5.41) is 0.743. The summed E-state index contributed by atoms with van der Waals surface area (Å²) >= 11 is 6.17. The molecule has 2 rings (SSSR count). The predicted octanol–water partition coefficient (Wildman–Crippen LogP) is 4.03. The van der Waals surface area contributed by atoms with Gasteiger partial charge in [0.2, 0.25) is 0 Å². The Morgan fingerprint density at radius 1 is 1.06 bits per heavy atom. The fourth-order valence-corrected chi connectivity index (χ4v) is 2.12. The molecule has 2 N–H and O–H groups in total. The van der Waals surface area contributed by atoms with Crippen LogP contribution in [0.1, 0.15) is 18.1 Å². The summed E-state index contributed by atoms with van der Waals surface area (Å²) in [6, 6.07) is 14.6. The fourth-order valence-electron chi connectivity index (χ4n) is 1.86. The van der Waals surface area contributed by atoms with Crippen LogP contribution in [0.5, 0.6) is 0 Å². The van der Waals surface area contributed by atoms with Gasteiger partial charge in [-0.3, -0.25) is 0 Å². The Hall–Kier alpha value is -1.31. The van der Waals surface area contributed by atoms with Crippen LogP contribution in [0.3, 0.4) is 0 Å². The van der Waals surface area contributed by atoms with Gasteiger partial charge in [0.25, 0.3) is 0 Å². The third-order valence-electron chi connectivity index (χ3n) is 2.94. The maximum absolute atomic E-state index is 6.17. The number of hydrogen-bond acceptors (Lipinski definition) is 1. The van der Waals surface area contributed by atoms with Crippen LogP contribution in [-0.2, 0) is 13.0 Å². The van der Waals surface area contributed by atoms with E-state index in [2.05, 4.69) is 37.3 Å². The number of hydrogen-bond donors (Lipinski definition) is 1. The highest BCUT2D eigenvalue weighted by atomic mass is 35.5. The van der Waals surface area contributed by atoms with Crippen molar-refractivity contribution in [2.24, 2.45) is 5.73 Å². The van der Waals surface area contributed by atoms with Gasteiger partial charge in [-0.15, -0.1) is 0 Å². The summed E-state index contributed by atoms with van der Waals surface area (Å²) in [4.78, 5) is 0. The Morgan fingerprint density at radius 3 is 2.47 bits per heavy atom. The molecule has 0 saturated heterocycles. The van der Waals surface area contributed by atoms with E-state index in [1.165, 1.54) is 11.1 Å². The predicted molar refractivity (Wildman–Crippen MR) is 74.2 cm³/mol. The molecule has 0 aromatic heterocycles. The molecule has 0 bridgehead atoms. The molecule has 0 fully saturated rings. The van der Waals surface area contributed by atoms with Crippen molar-refractivity contribution in [3.8, 4) is 11.1 Å². The molecule has 0 radical (unpaired) electrons. The van der Waals surface area contributed by atoms with E-state index in [0.717, 1.165) is 22.6 Å². The van der Waals surface area contributed by atoms with Gasteiger partial charge in [0, 0.05) is 11.6 Å². The molecule has 0 heterocycles. The molecule has 0 saturated carbocycles. The second-order valence-electron chi connectivity index (χ2n) is 4.06. The van der Waals surface area contributed by atoms with Crippen LogP contribution >= 0.6 is 11.6 Å². The van der Waals surface area contributed by atoms with Gasteiger partial charge in [0.05, 0.1) is 0 Å². The van der Waals surface area contributed by atoms with Crippen LogP contribution in [0.25, 0.3) is 11.1 Å². The minimum absolute atomic E-state index is 0.480. The first-order valence-electron chi connectivity index (χ1n) is 5.82. The lowest BCUT2D eigenvalue weighted by Crippen LogP contribution is -1.96. The smallest absolute Gasteiger partial charge is 0.0457 e. The third-order valence-corrected chi connectivity index (χ3v) is 3.29. The van der Waals surface area contributed by atoms with Gasteiger partial charge in [0.15, 0.2) is 0 Å². The van der Waals surface area contributed by atoms with Gasteiger partial charge >= 0.3 is 0 Å². The molecule has 1 nitrogen and oxygen atoms in total. The van der Waals surface area contributed by atoms with Crippen LogP contribution in [0.2, 0.25) is 5.02 Å². The Balaban J connectivity index is 2.42. The lowest BCUT2D eigenvalue weighted by Gasteiger charge is -2.07. The zero-order valence-corrected chi connectivity index (χ0v) is 10.7. The first-order valence-corrected chi connectivity index (χ1v) is 6.20. The maximum atomic E-state index is 6.17. The molecule has 0 spiro atoms. The average molecular weight is 246 g/mol. The van der Waals surface area contributed by atoms with Crippen molar-refractivity contribution >= 4 is 11.6 Å². The average Bonchev–Trinajstić information content (AvgIpc) is 2.38. The van der Waals surface area contributed by atoms with E-state index in [4.69, 9.17) is 17.3 Å². The topological polar surface area (TPSA) is 26.0 Å². The number of rotatable bonds is 3. The summed E-state index contributed by atoms with van der Waals surface area (Å²) in [6.45, 7) is 2.64. The zero-order chi connectivity index (χ0) is 12.3. The molecule has 0 aliphatic carbocycles. The molecule has 0 aliphatic rings. The largest absolute Gasteiger partial charge is 0.326 e. The van der Waals surface area contributed by atoms with E-state index >= 15 is 0 Å². The summed E-state index contributed by atoms with van der Waals surface area (Å²) < 4.78 is 0. The van der Waals surface area contributed by atoms with Gasteiger partial charge < -0.3 is 5.73 Å². The molecule has 2 aromatic carbocycles. The van der Waals surface area contributed by atoms with Crippen molar-refractivity contribution in [2.75, 3.05) is 0 Å².